The Kier molecular flexibility index (Phi) is 5.82. The van der Waals surface area contributed by atoms with E-state index < -0.39 is 0 Å². The van der Waals surface area contributed by atoms with Gasteiger partial charge in [0.15, 0.2) is 5.13 Å². The number of thiazole rings is 1. The third-order valence-electron chi connectivity index (χ3n) is 4.90. The molecule has 2 aromatic heterocycles. The highest BCUT2D eigenvalue weighted by Crippen LogP contribution is 2.38. The van der Waals surface area contributed by atoms with Gasteiger partial charge in [0.2, 0.25) is 11.8 Å². The Balaban J connectivity index is 1.29. The molecule has 4 rings (SSSR count). The van der Waals surface area contributed by atoms with Gasteiger partial charge in [-0.05, 0) is 36.8 Å². The van der Waals surface area contributed by atoms with E-state index in [-0.39, 0.29) is 11.2 Å². The van der Waals surface area contributed by atoms with Gasteiger partial charge in [-0.2, -0.15) is 0 Å². The molecule has 1 aliphatic rings. The molecule has 3 aromatic rings. The van der Waals surface area contributed by atoms with Crippen molar-refractivity contribution in [2.45, 2.75) is 49.0 Å². The maximum absolute atomic E-state index is 12.4. The van der Waals surface area contributed by atoms with Gasteiger partial charge in [0.25, 0.3) is 0 Å². The van der Waals surface area contributed by atoms with Crippen LogP contribution in [-0.2, 0) is 24.1 Å². The fourth-order valence-corrected chi connectivity index (χ4v) is 5.60. The zero-order chi connectivity index (χ0) is 19.5. The smallest absolute Gasteiger partial charge is 0.226 e. The third-order valence-corrected chi connectivity index (χ3v) is 7.04. The quantitative estimate of drug-likeness (QED) is 0.533. The van der Waals surface area contributed by atoms with Crippen molar-refractivity contribution in [1.82, 2.24) is 9.97 Å². The van der Waals surface area contributed by atoms with E-state index >= 15 is 0 Å². The summed E-state index contributed by atoms with van der Waals surface area (Å²) in [5, 5.41) is 3.71. The Morgan fingerprint density at radius 3 is 2.71 bits per heavy atom. The number of benzene rings is 1. The Bertz CT molecular complexity index is 941. The predicted octanol–water partition coefficient (Wildman–Crippen LogP) is 5.29. The van der Waals surface area contributed by atoms with E-state index in [2.05, 4.69) is 46.5 Å². The third kappa shape index (κ3) is 4.47. The summed E-state index contributed by atoms with van der Waals surface area (Å²) in [7, 11) is 0. The summed E-state index contributed by atoms with van der Waals surface area (Å²) in [6.07, 6.45) is 6.92. The minimum Gasteiger partial charge on any atom is -0.445 e. The first-order valence-corrected chi connectivity index (χ1v) is 11.2. The fourth-order valence-electron chi connectivity index (χ4n) is 3.50. The number of hydrogen-bond acceptors (Lipinski definition) is 6. The van der Waals surface area contributed by atoms with Crippen LogP contribution in [0.4, 0.5) is 5.13 Å². The Morgan fingerprint density at radius 2 is 2.04 bits per heavy atom. The van der Waals surface area contributed by atoms with E-state index in [0.717, 1.165) is 35.1 Å². The van der Waals surface area contributed by atoms with Crippen LogP contribution in [0, 0.1) is 5.92 Å². The first-order chi connectivity index (χ1) is 13.6. The van der Waals surface area contributed by atoms with Crippen LogP contribution in [0.5, 0.6) is 0 Å². The number of carbonyl (C=O) groups excluding carboxylic acids is 1. The summed E-state index contributed by atoms with van der Waals surface area (Å²) >= 11 is 3.13. The number of nitrogens with one attached hydrogen (secondary N) is 1. The molecule has 1 atom stereocenters. The molecule has 1 N–H and O–H groups in total. The van der Waals surface area contributed by atoms with Gasteiger partial charge < -0.3 is 9.73 Å². The summed E-state index contributed by atoms with van der Waals surface area (Å²) in [5.41, 5.74) is 2.75. The maximum Gasteiger partial charge on any atom is 0.226 e. The number of aromatic nitrogens is 2. The average molecular weight is 414 g/mol. The lowest BCUT2D eigenvalue weighted by Gasteiger charge is -2.08. The second-order valence-corrected chi connectivity index (χ2v) is 9.73. The second kappa shape index (κ2) is 8.49. The number of aryl methyl sites for hydroxylation is 1. The van der Waals surface area contributed by atoms with E-state index in [1.807, 2.05) is 6.92 Å². The van der Waals surface area contributed by atoms with Gasteiger partial charge in [-0.15, -0.1) is 11.8 Å². The maximum atomic E-state index is 12.4. The SMILES string of the molecule is CCc1cnc(C(C)Sc2cnc(NC(=O)CC3Cc4ccccc4C3)s2)o1. The van der Waals surface area contributed by atoms with Gasteiger partial charge >= 0.3 is 0 Å². The normalized spacial score (nSPS) is 14.8. The van der Waals surface area contributed by atoms with E-state index in [1.54, 1.807) is 24.2 Å². The lowest BCUT2D eigenvalue weighted by Crippen LogP contribution is -2.16. The molecule has 0 saturated carbocycles. The Hall–Kier alpha value is -2.12. The van der Waals surface area contributed by atoms with Crippen LogP contribution in [-0.4, -0.2) is 15.9 Å². The molecule has 1 aromatic carbocycles. The highest BCUT2D eigenvalue weighted by molar-refractivity contribution is 8.01. The number of oxazole rings is 1. The number of carbonyl (C=O) groups is 1. The van der Waals surface area contributed by atoms with Crippen LogP contribution >= 0.6 is 23.1 Å². The zero-order valence-electron chi connectivity index (χ0n) is 16.0. The topological polar surface area (TPSA) is 68.0 Å². The number of anilines is 1. The van der Waals surface area contributed by atoms with Gasteiger partial charge in [-0.1, -0.05) is 42.5 Å². The molecule has 5 nitrogen and oxygen atoms in total. The van der Waals surface area contributed by atoms with Gasteiger partial charge in [0.05, 0.1) is 21.9 Å². The molecule has 1 aliphatic carbocycles. The average Bonchev–Trinajstić information content (AvgIpc) is 3.40. The highest BCUT2D eigenvalue weighted by atomic mass is 32.2. The van der Waals surface area contributed by atoms with Crippen LogP contribution in [0.25, 0.3) is 0 Å². The van der Waals surface area contributed by atoms with Crippen molar-refractivity contribution in [3.05, 3.63) is 59.4 Å². The summed E-state index contributed by atoms with van der Waals surface area (Å²) < 4.78 is 6.76. The Labute approximate surface area is 173 Å². The first-order valence-electron chi connectivity index (χ1n) is 9.54. The highest BCUT2D eigenvalue weighted by Gasteiger charge is 2.23. The van der Waals surface area contributed by atoms with Crippen molar-refractivity contribution < 1.29 is 9.21 Å². The van der Waals surface area contributed by atoms with Gasteiger partial charge in [0.1, 0.15) is 5.76 Å². The van der Waals surface area contributed by atoms with Crippen molar-refractivity contribution >= 4 is 34.1 Å². The van der Waals surface area contributed by atoms with E-state index in [1.165, 1.54) is 22.5 Å². The number of thioether (sulfide) groups is 1. The van der Waals surface area contributed by atoms with Crippen LogP contribution in [0.1, 0.15) is 48.3 Å². The van der Waals surface area contributed by atoms with Crippen LogP contribution in [0.3, 0.4) is 0 Å². The van der Waals surface area contributed by atoms with Crippen LogP contribution in [0.2, 0.25) is 0 Å². The van der Waals surface area contributed by atoms with E-state index in [0.29, 0.717) is 17.5 Å². The number of amides is 1. The van der Waals surface area contributed by atoms with Crippen molar-refractivity contribution in [2.24, 2.45) is 5.92 Å². The molecule has 1 amide bonds. The summed E-state index contributed by atoms with van der Waals surface area (Å²) in [6.45, 7) is 4.11. The molecule has 7 heteroatoms. The minimum absolute atomic E-state index is 0.0389. The first kappa shape index (κ1) is 19.2. The molecule has 28 heavy (non-hydrogen) atoms. The number of nitrogens with zero attached hydrogens (tertiary/aromatic N) is 2. The lowest BCUT2D eigenvalue weighted by molar-refractivity contribution is -0.117. The van der Waals surface area contributed by atoms with E-state index in [4.69, 9.17) is 4.42 Å². The molecular formula is C21H23N3O2S2. The molecule has 146 valence electrons. The number of rotatable bonds is 7. The van der Waals surface area contributed by atoms with Crippen molar-refractivity contribution in [2.75, 3.05) is 5.32 Å². The van der Waals surface area contributed by atoms with E-state index in [9.17, 15) is 4.79 Å². The van der Waals surface area contributed by atoms with Crippen molar-refractivity contribution in [3.63, 3.8) is 0 Å². The summed E-state index contributed by atoms with van der Waals surface area (Å²) in [4.78, 5) is 21.1. The monoisotopic (exact) mass is 413 g/mol. The standard InChI is InChI=1S/C21H23N3O2S2/c1-3-17-11-22-20(26-17)13(2)27-19-12-23-21(28-19)24-18(25)10-14-8-15-6-4-5-7-16(15)9-14/h4-7,11-14H,3,8-10H2,1-2H3,(H,23,24,25). The zero-order valence-corrected chi connectivity index (χ0v) is 17.6. The molecule has 0 fully saturated rings. The molecular weight excluding hydrogens is 390 g/mol. The molecule has 0 bridgehead atoms. The van der Waals surface area contributed by atoms with Gasteiger partial charge in [0, 0.05) is 12.8 Å². The predicted molar refractivity (Wildman–Crippen MR) is 113 cm³/mol. The van der Waals surface area contributed by atoms with Crippen molar-refractivity contribution in [1.29, 1.82) is 0 Å². The van der Waals surface area contributed by atoms with Crippen LogP contribution < -0.4 is 5.32 Å². The molecule has 1 unspecified atom stereocenters. The second-order valence-electron chi connectivity index (χ2n) is 7.06. The van der Waals surface area contributed by atoms with Gasteiger partial charge in [-0.25, -0.2) is 9.97 Å². The Morgan fingerprint density at radius 1 is 1.29 bits per heavy atom. The summed E-state index contributed by atoms with van der Waals surface area (Å²) in [6, 6.07) is 8.46. The largest absolute Gasteiger partial charge is 0.445 e. The number of fused-ring (bicyclic) bond motifs is 1. The van der Waals surface area contributed by atoms with Gasteiger partial charge in [-0.3, -0.25) is 4.79 Å². The number of hydrogen-bond donors (Lipinski definition) is 1. The fraction of sp³-hybridized carbons (Fsp3) is 0.381. The summed E-state index contributed by atoms with van der Waals surface area (Å²) in [5.74, 6) is 2.04. The minimum atomic E-state index is 0.0389. The molecule has 0 radical (unpaired) electrons. The molecule has 0 aliphatic heterocycles. The van der Waals surface area contributed by atoms with Crippen LogP contribution in [0.15, 0.2) is 45.3 Å². The molecule has 0 saturated heterocycles. The van der Waals surface area contributed by atoms with Crippen molar-refractivity contribution in [3.8, 4) is 0 Å². The molecule has 0 spiro atoms. The lowest BCUT2D eigenvalue weighted by atomic mass is 10.0. The molecule has 2 heterocycles.